The molecule has 78 valence electrons. The summed E-state index contributed by atoms with van der Waals surface area (Å²) in [5.41, 5.74) is 0.510. The van der Waals surface area contributed by atoms with E-state index in [1.54, 1.807) is 6.92 Å². The smallest absolute Gasteiger partial charge is 0.256 e. The molecule has 0 unspecified atom stereocenters. The molecule has 0 bridgehead atoms. The number of nitrogens with zero attached hydrogens (tertiary/aromatic N) is 1. The average Bonchev–Trinajstić information content (AvgIpc) is 2.67. The molecule has 1 aliphatic rings. The summed E-state index contributed by atoms with van der Waals surface area (Å²) in [5.74, 6) is -0.411. The molecule has 0 saturated carbocycles. The molecule has 15 heavy (non-hydrogen) atoms. The minimum atomic E-state index is -0.220. The van der Waals surface area contributed by atoms with Gasteiger partial charge in [0.05, 0.1) is 10.3 Å². The second-order valence-electron chi connectivity index (χ2n) is 3.26. The van der Waals surface area contributed by atoms with E-state index in [9.17, 15) is 9.59 Å². The summed E-state index contributed by atoms with van der Waals surface area (Å²) in [6, 6.07) is 3.81. The number of hydrogen-bond acceptors (Lipinski definition) is 3. The zero-order chi connectivity index (χ0) is 11.0. The Bertz CT molecular complexity index is 464. The maximum Gasteiger partial charge on any atom is 0.256 e. The molecule has 0 fully saturated rings. The Morgan fingerprint density at radius 2 is 2.13 bits per heavy atom. The van der Waals surface area contributed by atoms with Crippen LogP contribution in [0, 0.1) is 0 Å². The summed E-state index contributed by atoms with van der Waals surface area (Å²) in [6.07, 6.45) is 1.38. The van der Waals surface area contributed by atoms with E-state index < -0.39 is 0 Å². The van der Waals surface area contributed by atoms with Gasteiger partial charge in [0.2, 0.25) is 0 Å². The third kappa shape index (κ3) is 2.03. The van der Waals surface area contributed by atoms with Gasteiger partial charge in [-0.2, -0.15) is 0 Å². The predicted octanol–water partition coefficient (Wildman–Crippen LogP) is 2.33. The van der Waals surface area contributed by atoms with Gasteiger partial charge in [0.1, 0.15) is 0 Å². The number of amides is 2. The standard InChI is InChI=1S/C10H8BrNO2S/c1-6-4-9(13)12(10(6)14)5-7-2-3-8(11)15-7/h2-4H,5H2,1H3. The van der Waals surface area contributed by atoms with Gasteiger partial charge < -0.3 is 0 Å². The molecular weight excluding hydrogens is 278 g/mol. The maximum atomic E-state index is 11.6. The van der Waals surface area contributed by atoms with Gasteiger partial charge in [-0.1, -0.05) is 0 Å². The summed E-state index contributed by atoms with van der Waals surface area (Å²) in [7, 11) is 0. The first kappa shape index (κ1) is 10.6. The van der Waals surface area contributed by atoms with E-state index in [1.165, 1.54) is 22.3 Å². The predicted molar refractivity (Wildman–Crippen MR) is 61.3 cm³/mol. The molecule has 1 aliphatic heterocycles. The van der Waals surface area contributed by atoms with E-state index in [1.807, 2.05) is 12.1 Å². The summed E-state index contributed by atoms with van der Waals surface area (Å²) in [6.45, 7) is 2.02. The normalized spacial score (nSPS) is 16.1. The van der Waals surface area contributed by atoms with Gasteiger partial charge in [0, 0.05) is 16.5 Å². The molecule has 1 aromatic rings. The Hall–Kier alpha value is -0.940. The highest BCUT2D eigenvalue weighted by Crippen LogP contribution is 2.25. The number of rotatable bonds is 2. The molecule has 0 aromatic carbocycles. The van der Waals surface area contributed by atoms with Crippen LogP contribution in [0.5, 0.6) is 0 Å². The van der Waals surface area contributed by atoms with E-state index >= 15 is 0 Å². The van der Waals surface area contributed by atoms with E-state index in [0.717, 1.165) is 8.66 Å². The summed E-state index contributed by atoms with van der Waals surface area (Å²) in [4.78, 5) is 25.2. The van der Waals surface area contributed by atoms with Crippen LogP contribution in [0.4, 0.5) is 0 Å². The van der Waals surface area contributed by atoms with Gasteiger partial charge in [-0.15, -0.1) is 11.3 Å². The van der Waals surface area contributed by atoms with Crippen molar-refractivity contribution in [2.75, 3.05) is 0 Å². The first-order chi connectivity index (χ1) is 7.08. The Labute approximate surface area is 99.5 Å². The van der Waals surface area contributed by atoms with Crippen LogP contribution in [0.2, 0.25) is 0 Å². The summed E-state index contributed by atoms with van der Waals surface area (Å²) >= 11 is 4.87. The highest BCUT2D eigenvalue weighted by Gasteiger charge is 2.28. The Morgan fingerprint density at radius 3 is 2.60 bits per heavy atom. The maximum absolute atomic E-state index is 11.6. The molecule has 3 nitrogen and oxygen atoms in total. The second kappa shape index (κ2) is 3.90. The van der Waals surface area contributed by atoms with Gasteiger partial charge in [-0.05, 0) is 35.0 Å². The van der Waals surface area contributed by atoms with Crippen molar-refractivity contribution in [1.29, 1.82) is 0 Å². The fraction of sp³-hybridized carbons (Fsp3) is 0.200. The topological polar surface area (TPSA) is 37.4 Å². The van der Waals surface area contributed by atoms with Crippen molar-refractivity contribution < 1.29 is 9.59 Å². The molecule has 2 heterocycles. The van der Waals surface area contributed by atoms with Gasteiger partial charge in [-0.25, -0.2) is 0 Å². The van der Waals surface area contributed by atoms with E-state index in [4.69, 9.17) is 0 Å². The number of thiophene rings is 1. The van der Waals surface area contributed by atoms with Crippen LogP contribution < -0.4 is 0 Å². The van der Waals surface area contributed by atoms with Gasteiger partial charge >= 0.3 is 0 Å². The van der Waals surface area contributed by atoms with Crippen molar-refractivity contribution in [2.24, 2.45) is 0 Å². The summed E-state index contributed by atoms with van der Waals surface area (Å²) in [5, 5.41) is 0. The van der Waals surface area contributed by atoms with Gasteiger partial charge in [0.25, 0.3) is 11.8 Å². The highest BCUT2D eigenvalue weighted by atomic mass is 79.9. The first-order valence-corrected chi connectivity index (χ1v) is 5.97. The monoisotopic (exact) mass is 285 g/mol. The molecule has 0 spiro atoms. The molecule has 2 amide bonds. The molecular formula is C10H8BrNO2S. The van der Waals surface area contributed by atoms with Crippen molar-refractivity contribution in [3.63, 3.8) is 0 Å². The molecule has 0 atom stereocenters. The largest absolute Gasteiger partial charge is 0.270 e. The lowest BCUT2D eigenvalue weighted by molar-refractivity contribution is -0.137. The van der Waals surface area contributed by atoms with Crippen molar-refractivity contribution >= 4 is 39.1 Å². The van der Waals surface area contributed by atoms with Crippen LogP contribution in [0.3, 0.4) is 0 Å². The first-order valence-electron chi connectivity index (χ1n) is 4.36. The summed E-state index contributed by atoms with van der Waals surface area (Å²) < 4.78 is 1.00. The number of hydrogen-bond donors (Lipinski definition) is 0. The van der Waals surface area contributed by atoms with Crippen molar-refractivity contribution in [3.8, 4) is 0 Å². The number of carbonyl (C=O) groups excluding carboxylic acids is 2. The Morgan fingerprint density at radius 1 is 1.40 bits per heavy atom. The lowest BCUT2D eigenvalue weighted by Crippen LogP contribution is -2.29. The number of carbonyl (C=O) groups is 2. The van der Waals surface area contributed by atoms with Crippen molar-refractivity contribution in [2.45, 2.75) is 13.5 Å². The molecule has 0 saturated heterocycles. The molecule has 0 N–H and O–H groups in total. The SMILES string of the molecule is CC1=CC(=O)N(Cc2ccc(Br)s2)C1=O. The second-order valence-corrected chi connectivity index (χ2v) is 5.81. The number of imide groups is 1. The van der Waals surface area contributed by atoms with Crippen LogP contribution in [0.25, 0.3) is 0 Å². The minimum absolute atomic E-state index is 0.190. The molecule has 5 heteroatoms. The Kier molecular flexibility index (Phi) is 2.75. The van der Waals surface area contributed by atoms with Gasteiger partial charge in [-0.3, -0.25) is 14.5 Å². The third-order valence-electron chi connectivity index (χ3n) is 2.13. The number of halogens is 1. The van der Waals surface area contributed by atoms with Crippen LogP contribution in [-0.2, 0) is 16.1 Å². The van der Waals surface area contributed by atoms with E-state index in [0.29, 0.717) is 12.1 Å². The minimum Gasteiger partial charge on any atom is -0.270 e. The van der Waals surface area contributed by atoms with Crippen molar-refractivity contribution in [3.05, 3.63) is 32.4 Å². The molecule has 2 rings (SSSR count). The van der Waals surface area contributed by atoms with Crippen LogP contribution >= 0.6 is 27.3 Å². The van der Waals surface area contributed by atoms with Crippen LogP contribution in [-0.4, -0.2) is 16.7 Å². The molecule has 0 radical (unpaired) electrons. The quantitative estimate of drug-likeness (QED) is 0.782. The van der Waals surface area contributed by atoms with Crippen LogP contribution in [0.1, 0.15) is 11.8 Å². The third-order valence-corrected chi connectivity index (χ3v) is 3.74. The van der Waals surface area contributed by atoms with E-state index in [2.05, 4.69) is 15.9 Å². The zero-order valence-electron chi connectivity index (χ0n) is 7.99. The fourth-order valence-corrected chi connectivity index (χ4v) is 2.85. The molecule has 1 aromatic heterocycles. The molecule has 0 aliphatic carbocycles. The van der Waals surface area contributed by atoms with Crippen LogP contribution in [0.15, 0.2) is 27.6 Å². The highest BCUT2D eigenvalue weighted by molar-refractivity contribution is 9.11. The van der Waals surface area contributed by atoms with Gasteiger partial charge in [0.15, 0.2) is 0 Å². The van der Waals surface area contributed by atoms with E-state index in [-0.39, 0.29) is 11.8 Å². The lowest BCUT2D eigenvalue weighted by Gasteiger charge is -2.12. The van der Waals surface area contributed by atoms with Crippen molar-refractivity contribution in [1.82, 2.24) is 4.90 Å². The zero-order valence-corrected chi connectivity index (χ0v) is 10.4. The fourth-order valence-electron chi connectivity index (χ4n) is 1.38. The average molecular weight is 286 g/mol. The lowest BCUT2D eigenvalue weighted by atomic mass is 10.3. The Balaban J connectivity index is 2.15.